The van der Waals surface area contributed by atoms with E-state index in [2.05, 4.69) is 5.32 Å². The van der Waals surface area contributed by atoms with Crippen LogP contribution in [0.1, 0.15) is 31.0 Å². The van der Waals surface area contributed by atoms with Crippen molar-refractivity contribution in [3.63, 3.8) is 0 Å². The summed E-state index contributed by atoms with van der Waals surface area (Å²) in [5, 5.41) is 2.69. The molecule has 1 aliphatic heterocycles. The SMILES string of the molecule is Cc1ccc(F)c([C@H]2NC(=O)OCC2(C)C)c1. The molecule has 1 N–H and O–H groups in total. The van der Waals surface area contributed by atoms with Gasteiger partial charge in [0.05, 0.1) is 6.04 Å². The predicted molar refractivity (Wildman–Crippen MR) is 62.1 cm³/mol. The van der Waals surface area contributed by atoms with E-state index in [4.69, 9.17) is 4.74 Å². The third-order valence-electron chi connectivity index (χ3n) is 3.08. The molecule has 0 aliphatic carbocycles. The van der Waals surface area contributed by atoms with Crippen LogP contribution in [-0.4, -0.2) is 12.7 Å². The highest BCUT2D eigenvalue weighted by atomic mass is 19.1. The van der Waals surface area contributed by atoms with Gasteiger partial charge in [0.2, 0.25) is 0 Å². The number of carbonyl (C=O) groups excluding carboxylic acids is 1. The van der Waals surface area contributed by atoms with Crippen LogP contribution in [0.2, 0.25) is 0 Å². The predicted octanol–water partition coefficient (Wildman–Crippen LogP) is 2.94. The minimum absolute atomic E-state index is 0.289. The van der Waals surface area contributed by atoms with E-state index in [9.17, 15) is 9.18 Å². The Kier molecular flexibility index (Phi) is 2.81. The molecule has 1 saturated heterocycles. The Morgan fingerprint density at radius 3 is 2.88 bits per heavy atom. The Labute approximate surface area is 100.0 Å². The van der Waals surface area contributed by atoms with Crippen LogP contribution in [0.4, 0.5) is 9.18 Å². The van der Waals surface area contributed by atoms with Crippen LogP contribution in [-0.2, 0) is 4.74 Å². The number of halogens is 1. The van der Waals surface area contributed by atoms with E-state index < -0.39 is 6.09 Å². The van der Waals surface area contributed by atoms with E-state index in [0.29, 0.717) is 5.56 Å². The zero-order chi connectivity index (χ0) is 12.6. The third-order valence-corrected chi connectivity index (χ3v) is 3.08. The molecule has 0 bridgehead atoms. The monoisotopic (exact) mass is 237 g/mol. The minimum atomic E-state index is -0.491. The fourth-order valence-corrected chi connectivity index (χ4v) is 2.07. The van der Waals surface area contributed by atoms with E-state index >= 15 is 0 Å². The molecule has 17 heavy (non-hydrogen) atoms. The zero-order valence-corrected chi connectivity index (χ0v) is 10.2. The first kappa shape index (κ1) is 11.9. The lowest BCUT2D eigenvalue weighted by Gasteiger charge is -2.38. The van der Waals surface area contributed by atoms with E-state index in [-0.39, 0.29) is 23.9 Å². The highest BCUT2D eigenvalue weighted by Gasteiger charge is 2.39. The summed E-state index contributed by atoms with van der Waals surface area (Å²) in [6.07, 6.45) is -0.491. The average Bonchev–Trinajstić information content (AvgIpc) is 2.26. The van der Waals surface area contributed by atoms with Gasteiger partial charge in [-0.25, -0.2) is 9.18 Å². The molecular formula is C13H16FNO2. The number of aryl methyl sites for hydroxylation is 1. The lowest BCUT2D eigenvalue weighted by molar-refractivity contribution is 0.0377. The maximum atomic E-state index is 13.8. The van der Waals surface area contributed by atoms with Crippen molar-refractivity contribution in [3.05, 3.63) is 35.1 Å². The van der Waals surface area contributed by atoms with Gasteiger partial charge in [-0.3, -0.25) is 0 Å². The van der Waals surface area contributed by atoms with Gasteiger partial charge in [-0.15, -0.1) is 0 Å². The lowest BCUT2D eigenvalue weighted by atomic mass is 9.80. The molecule has 0 saturated carbocycles. The van der Waals surface area contributed by atoms with Crippen LogP contribution in [0.25, 0.3) is 0 Å². The maximum absolute atomic E-state index is 13.8. The Balaban J connectivity index is 2.42. The molecule has 0 unspecified atom stereocenters. The van der Waals surface area contributed by atoms with Crippen LogP contribution in [0.3, 0.4) is 0 Å². The summed E-state index contributed by atoms with van der Waals surface area (Å²) < 4.78 is 18.8. The number of ether oxygens (including phenoxy) is 1. The highest BCUT2D eigenvalue weighted by molar-refractivity contribution is 5.69. The molecule has 1 aromatic rings. The van der Waals surface area contributed by atoms with Crippen molar-refractivity contribution in [1.29, 1.82) is 0 Å². The van der Waals surface area contributed by atoms with Gasteiger partial charge >= 0.3 is 6.09 Å². The number of carbonyl (C=O) groups is 1. The van der Waals surface area contributed by atoms with Gasteiger partial charge in [0, 0.05) is 11.0 Å². The summed E-state index contributed by atoms with van der Waals surface area (Å²) in [5.41, 5.74) is 1.16. The number of hydrogen-bond acceptors (Lipinski definition) is 2. The van der Waals surface area contributed by atoms with Crippen molar-refractivity contribution in [2.75, 3.05) is 6.61 Å². The molecule has 0 spiro atoms. The number of rotatable bonds is 1. The molecule has 1 fully saturated rings. The van der Waals surface area contributed by atoms with Gasteiger partial charge in [0.15, 0.2) is 0 Å². The molecular weight excluding hydrogens is 221 g/mol. The molecule has 3 nitrogen and oxygen atoms in total. The first-order chi connectivity index (χ1) is 7.90. The molecule has 1 aliphatic rings. The van der Waals surface area contributed by atoms with Crippen molar-refractivity contribution >= 4 is 6.09 Å². The minimum Gasteiger partial charge on any atom is -0.449 e. The van der Waals surface area contributed by atoms with Crippen LogP contribution in [0.5, 0.6) is 0 Å². The molecule has 1 atom stereocenters. The fraction of sp³-hybridized carbons (Fsp3) is 0.462. The average molecular weight is 237 g/mol. The van der Waals surface area contributed by atoms with E-state index in [1.54, 1.807) is 12.1 Å². The van der Waals surface area contributed by atoms with E-state index in [0.717, 1.165) is 5.56 Å². The van der Waals surface area contributed by atoms with Gasteiger partial charge in [-0.05, 0) is 13.0 Å². The Hall–Kier alpha value is -1.58. The van der Waals surface area contributed by atoms with Crippen molar-refractivity contribution < 1.29 is 13.9 Å². The number of nitrogens with one attached hydrogen (secondary N) is 1. The van der Waals surface area contributed by atoms with Gasteiger partial charge in [0.25, 0.3) is 0 Å². The van der Waals surface area contributed by atoms with E-state index in [1.807, 2.05) is 20.8 Å². The maximum Gasteiger partial charge on any atom is 0.407 e. The molecule has 0 radical (unpaired) electrons. The van der Waals surface area contributed by atoms with E-state index in [1.165, 1.54) is 6.07 Å². The molecule has 92 valence electrons. The smallest absolute Gasteiger partial charge is 0.407 e. The third kappa shape index (κ3) is 2.25. The number of benzene rings is 1. The number of alkyl carbamates (subject to hydrolysis) is 1. The normalized spacial score (nSPS) is 22.8. The first-order valence-electron chi connectivity index (χ1n) is 5.59. The summed E-state index contributed by atoms with van der Waals surface area (Å²) in [5.74, 6) is -0.295. The summed E-state index contributed by atoms with van der Waals surface area (Å²) in [6, 6.07) is 4.56. The number of amides is 1. The number of hydrogen-bond donors (Lipinski definition) is 1. The summed E-state index contributed by atoms with van der Waals surface area (Å²) in [6.45, 7) is 6.08. The summed E-state index contributed by atoms with van der Waals surface area (Å²) >= 11 is 0. The largest absolute Gasteiger partial charge is 0.449 e. The first-order valence-corrected chi connectivity index (χ1v) is 5.59. The second kappa shape index (κ2) is 4.02. The lowest BCUT2D eigenvalue weighted by Crippen LogP contribution is -2.47. The zero-order valence-electron chi connectivity index (χ0n) is 10.2. The van der Waals surface area contributed by atoms with Crippen LogP contribution >= 0.6 is 0 Å². The standard InChI is InChI=1S/C13H16FNO2/c1-8-4-5-10(14)9(6-8)11-13(2,3)7-17-12(16)15-11/h4-6,11H,7H2,1-3H3,(H,15,16)/t11-/m1/s1. The van der Waals surface area contributed by atoms with Gasteiger partial charge in [0.1, 0.15) is 12.4 Å². The Bertz CT molecular complexity index is 457. The Morgan fingerprint density at radius 2 is 2.18 bits per heavy atom. The molecule has 2 rings (SSSR count). The molecule has 0 aromatic heterocycles. The Morgan fingerprint density at radius 1 is 1.47 bits per heavy atom. The van der Waals surface area contributed by atoms with Crippen molar-refractivity contribution in [1.82, 2.24) is 5.32 Å². The molecule has 1 heterocycles. The molecule has 1 amide bonds. The van der Waals surface area contributed by atoms with Crippen molar-refractivity contribution in [2.45, 2.75) is 26.8 Å². The fourth-order valence-electron chi connectivity index (χ4n) is 2.07. The summed E-state index contributed by atoms with van der Waals surface area (Å²) in [7, 11) is 0. The number of cyclic esters (lactones) is 1. The van der Waals surface area contributed by atoms with Gasteiger partial charge < -0.3 is 10.1 Å². The van der Waals surface area contributed by atoms with Crippen LogP contribution < -0.4 is 5.32 Å². The summed E-state index contributed by atoms with van der Waals surface area (Å²) in [4.78, 5) is 11.3. The van der Waals surface area contributed by atoms with Crippen LogP contribution in [0.15, 0.2) is 18.2 Å². The second-order valence-corrected chi connectivity index (χ2v) is 5.17. The van der Waals surface area contributed by atoms with Gasteiger partial charge in [-0.1, -0.05) is 31.5 Å². The van der Waals surface area contributed by atoms with Crippen molar-refractivity contribution in [3.8, 4) is 0 Å². The molecule has 1 aromatic carbocycles. The van der Waals surface area contributed by atoms with Gasteiger partial charge in [-0.2, -0.15) is 0 Å². The second-order valence-electron chi connectivity index (χ2n) is 5.17. The quantitative estimate of drug-likeness (QED) is 0.815. The highest BCUT2D eigenvalue weighted by Crippen LogP contribution is 2.37. The molecule has 4 heteroatoms. The topological polar surface area (TPSA) is 38.3 Å². The van der Waals surface area contributed by atoms with Crippen LogP contribution in [0, 0.1) is 18.2 Å². The van der Waals surface area contributed by atoms with Crippen molar-refractivity contribution in [2.24, 2.45) is 5.41 Å².